The monoisotopic (exact) mass is 346 g/mol. The highest BCUT2D eigenvalue weighted by atomic mass is 35.5. The average Bonchev–Trinajstić information content (AvgIpc) is 3.37. The number of rotatable bonds is 4. The van der Waals surface area contributed by atoms with Crippen LogP contribution in [-0.4, -0.2) is 25.0 Å². The molecule has 2 aromatic rings. The topological polar surface area (TPSA) is 6.48 Å². The SMILES string of the molecule is CN(c1cccc(F)c1)c1ccc2c(c1)CN(CC1CC1)CC2.Cl. The minimum absolute atomic E-state index is 0. The number of hydrogen-bond donors (Lipinski definition) is 0. The van der Waals surface area contributed by atoms with Gasteiger partial charge in [-0.25, -0.2) is 4.39 Å². The van der Waals surface area contributed by atoms with Crippen molar-refractivity contribution in [1.29, 1.82) is 0 Å². The molecule has 0 aromatic heterocycles. The molecule has 2 aromatic carbocycles. The number of fused-ring (bicyclic) bond motifs is 1. The van der Waals surface area contributed by atoms with Crippen molar-refractivity contribution in [3.8, 4) is 0 Å². The molecule has 0 spiro atoms. The number of benzene rings is 2. The van der Waals surface area contributed by atoms with Crippen molar-refractivity contribution in [2.45, 2.75) is 25.8 Å². The lowest BCUT2D eigenvalue weighted by Crippen LogP contribution is -2.32. The second-order valence-electron chi connectivity index (χ2n) is 6.92. The van der Waals surface area contributed by atoms with Crippen LogP contribution in [0.1, 0.15) is 24.0 Å². The fraction of sp³-hybridized carbons (Fsp3) is 0.400. The first-order chi connectivity index (χ1) is 11.2. The van der Waals surface area contributed by atoms with E-state index in [9.17, 15) is 4.39 Å². The van der Waals surface area contributed by atoms with Crippen molar-refractivity contribution in [1.82, 2.24) is 4.90 Å². The molecule has 128 valence electrons. The van der Waals surface area contributed by atoms with Crippen LogP contribution < -0.4 is 4.90 Å². The molecular weight excluding hydrogens is 323 g/mol. The Balaban J connectivity index is 0.00000169. The van der Waals surface area contributed by atoms with E-state index < -0.39 is 0 Å². The van der Waals surface area contributed by atoms with Crippen LogP contribution in [0.3, 0.4) is 0 Å². The van der Waals surface area contributed by atoms with Gasteiger partial charge >= 0.3 is 0 Å². The Morgan fingerprint density at radius 1 is 1.08 bits per heavy atom. The summed E-state index contributed by atoms with van der Waals surface area (Å²) >= 11 is 0. The fourth-order valence-corrected chi connectivity index (χ4v) is 3.47. The van der Waals surface area contributed by atoms with Crippen molar-refractivity contribution in [3.05, 3.63) is 59.4 Å². The van der Waals surface area contributed by atoms with Gasteiger partial charge in [0.15, 0.2) is 0 Å². The zero-order valence-corrected chi connectivity index (χ0v) is 14.9. The second-order valence-corrected chi connectivity index (χ2v) is 6.92. The molecule has 4 heteroatoms. The predicted octanol–water partition coefficient (Wildman–Crippen LogP) is 4.78. The summed E-state index contributed by atoms with van der Waals surface area (Å²) in [5, 5.41) is 0. The summed E-state index contributed by atoms with van der Waals surface area (Å²) in [6.07, 6.45) is 3.96. The van der Waals surface area contributed by atoms with Crippen molar-refractivity contribution in [2.24, 2.45) is 5.92 Å². The largest absolute Gasteiger partial charge is 0.345 e. The number of halogens is 2. The van der Waals surface area contributed by atoms with Crippen LogP contribution in [0.5, 0.6) is 0 Å². The molecule has 0 amide bonds. The van der Waals surface area contributed by atoms with E-state index in [1.54, 1.807) is 12.1 Å². The van der Waals surface area contributed by atoms with Crippen LogP contribution in [0.15, 0.2) is 42.5 Å². The molecule has 0 atom stereocenters. The van der Waals surface area contributed by atoms with Crippen molar-refractivity contribution in [3.63, 3.8) is 0 Å². The minimum atomic E-state index is -0.192. The predicted molar refractivity (Wildman–Crippen MR) is 99.9 cm³/mol. The molecule has 1 heterocycles. The van der Waals surface area contributed by atoms with Gasteiger partial charge in [0.05, 0.1) is 0 Å². The summed E-state index contributed by atoms with van der Waals surface area (Å²) in [6.45, 7) is 3.49. The third-order valence-electron chi connectivity index (χ3n) is 5.08. The van der Waals surface area contributed by atoms with Crippen LogP contribution in [0.4, 0.5) is 15.8 Å². The lowest BCUT2D eigenvalue weighted by atomic mass is 9.98. The maximum absolute atomic E-state index is 13.5. The van der Waals surface area contributed by atoms with Gasteiger partial charge in [0, 0.05) is 38.1 Å². The van der Waals surface area contributed by atoms with Gasteiger partial charge in [-0.2, -0.15) is 0 Å². The molecule has 0 bridgehead atoms. The average molecular weight is 347 g/mol. The molecule has 1 fully saturated rings. The molecule has 2 aliphatic rings. The standard InChI is InChI=1S/C20H23FN2.ClH/c1-22(19-4-2-3-18(21)12-19)20-8-7-16-9-10-23(13-15-5-6-15)14-17(16)11-20;/h2-4,7-8,11-12,15H,5-6,9-10,13-14H2,1H3;1H. The van der Waals surface area contributed by atoms with E-state index in [0.29, 0.717) is 0 Å². The first-order valence-electron chi connectivity index (χ1n) is 8.52. The Morgan fingerprint density at radius 2 is 1.88 bits per heavy atom. The molecular formula is C20H24ClFN2. The molecule has 0 saturated heterocycles. The van der Waals surface area contributed by atoms with E-state index in [-0.39, 0.29) is 18.2 Å². The highest BCUT2D eigenvalue weighted by Gasteiger charge is 2.26. The van der Waals surface area contributed by atoms with Gasteiger partial charge in [-0.3, -0.25) is 4.90 Å². The van der Waals surface area contributed by atoms with E-state index in [1.807, 2.05) is 13.1 Å². The quantitative estimate of drug-likeness (QED) is 0.785. The third-order valence-corrected chi connectivity index (χ3v) is 5.08. The van der Waals surface area contributed by atoms with E-state index >= 15 is 0 Å². The first-order valence-corrected chi connectivity index (χ1v) is 8.52. The number of nitrogens with zero attached hydrogens (tertiary/aromatic N) is 2. The zero-order chi connectivity index (χ0) is 15.8. The Morgan fingerprint density at radius 3 is 2.62 bits per heavy atom. The van der Waals surface area contributed by atoms with Gasteiger partial charge in [-0.1, -0.05) is 12.1 Å². The highest BCUT2D eigenvalue weighted by molar-refractivity contribution is 5.85. The second kappa shape index (κ2) is 7.12. The lowest BCUT2D eigenvalue weighted by molar-refractivity contribution is 0.244. The third kappa shape index (κ3) is 3.73. The summed E-state index contributed by atoms with van der Waals surface area (Å²) in [5.41, 5.74) is 4.91. The van der Waals surface area contributed by atoms with Crippen molar-refractivity contribution < 1.29 is 4.39 Å². The van der Waals surface area contributed by atoms with Gasteiger partial charge in [0.2, 0.25) is 0 Å². The zero-order valence-electron chi connectivity index (χ0n) is 14.0. The Labute approximate surface area is 149 Å². The molecule has 1 aliphatic heterocycles. The van der Waals surface area contributed by atoms with Crippen molar-refractivity contribution >= 4 is 23.8 Å². The van der Waals surface area contributed by atoms with Gasteiger partial charge in [0.1, 0.15) is 5.82 Å². The van der Waals surface area contributed by atoms with E-state index in [1.165, 1.54) is 43.1 Å². The molecule has 24 heavy (non-hydrogen) atoms. The summed E-state index contributed by atoms with van der Waals surface area (Å²) in [7, 11) is 2.00. The Hall–Kier alpha value is -1.58. The lowest BCUT2D eigenvalue weighted by Gasteiger charge is -2.30. The van der Waals surface area contributed by atoms with Crippen LogP contribution in [-0.2, 0) is 13.0 Å². The summed E-state index contributed by atoms with van der Waals surface area (Å²) in [5.74, 6) is 0.748. The molecule has 0 N–H and O–H groups in total. The first kappa shape index (κ1) is 17.2. The fourth-order valence-electron chi connectivity index (χ4n) is 3.47. The van der Waals surface area contributed by atoms with Gasteiger partial charge in [-0.05, 0) is 66.6 Å². The Kier molecular flexibility index (Phi) is 5.12. The molecule has 4 rings (SSSR count). The van der Waals surface area contributed by atoms with Crippen LogP contribution in [0.25, 0.3) is 0 Å². The summed E-state index contributed by atoms with van der Waals surface area (Å²) < 4.78 is 13.5. The maximum Gasteiger partial charge on any atom is 0.125 e. The molecule has 2 nitrogen and oxygen atoms in total. The van der Waals surface area contributed by atoms with E-state index in [4.69, 9.17) is 0 Å². The van der Waals surface area contributed by atoms with Gasteiger partial charge < -0.3 is 4.90 Å². The highest BCUT2D eigenvalue weighted by Crippen LogP contribution is 2.33. The summed E-state index contributed by atoms with van der Waals surface area (Å²) in [6, 6.07) is 13.5. The molecule has 0 unspecified atom stereocenters. The van der Waals surface area contributed by atoms with E-state index in [0.717, 1.165) is 30.3 Å². The normalized spacial score (nSPS) is 17.1. The minimum Gasteiger partial charge on any atom is -0.345 e. The molecule has 1 saturated carbocycles. The van der Waals surface area contributed by atoms with Gasteiger partial charge in [-0.15, -0.1) is 12.4 Å². The van der Waals surface area contributed by atoms with Crippen LogP contribution in [0, 0.1) is 11.7 Å². The summed E-state index contributed by atoms with van der Waals surface area (Å²) in [4.78, 5) is 4.65. The number of anilines is 2. The Bertz CT molecular complexity index is 715. The van der Waals surface area contributed by atoms with Crippen molar-refractivity contribution in [2.75, 3.05) is 25.0 Å². The maximum atomic E-state index is 13.5. The molecule has 1 aliphatic carbocycles. The van der Waals surface area contributed by atoms with E-state index in [2.05, 4.69) is 28.0 Å². The van der Waals surface area contributed by atoms with Crippen LogP contribution in [0.2, 0.25) is 0 Å². The van der Waals surface area contributed by atoms with Gasteiger partial charge in [0.25, 0.3) is 0 Å². The smallest absolute Gasteiger partial charge is 0.125 e. The van der Waals surface area contributed by atoms with Crippen LogP contribution >= 0.6 is 12.4 Å². The molecule has 0 radical (unpaired) electrons. The number of hydrogen-bond acceptors (Lipinski definition) is 2.